The fourth-order valence-corrected chi connectivity index (χ4v) is 5.96. The molecular formula is C22H25ClFN5O4S. The van der Waals surface area contributed by atoms with Crippen molar-refractivity contribution < 1.29 is 17.5 Å². The molecule has 1 aromatic carbocycles. The Morgan fingerprint density at radius 2 is 2.06 bits per heavy atom. The summed E-state index contributed by atoms with van der Waals surface area (Å²) < 4.78 is 47.8. The van der Waals surface area contributed by atoms with Crippen LogP contribution in [0.3, 0.4) is 0 Å². The lowest BCUT2D eigenvalue weighted by Gasteiger charge is -2.31. The number of hydrogen-bond acceptors (Lipinski definition) is 7. The molecule has 2 aliphatic heterocycles. The third-order valence-corrected chi connectivity index (χ3v) is 8.51. The Morgan fingerprint density at radius 1 is 1.29 bits per heavy atom. The van der Waals surface area contributed by atoms with E-state index >= 15 is 0 Å². The summed E-state index contributed by atoms with van der Waals surface area (Å²) in [5.41, 5.74) is -0.177. The van der Waals surface area contributed by atoms with Gasteiger partial charge < -0.3 is 10.1 Å². The summed E-state index contributed by atoms with van der Waals surface area (Å²) in [5, 5.41) is 16.4. The van der Waals surface area contributed by atoms with E-state index in [2.05, 4.69) is 10.4 Å². The molecular weight excluding hydrogens is 485 g/mol. The van der Waals surface area contributed by atoms with Gasteiger partial charge >= 0.3 is 0 Å². The van der Waals surface area contributed by atoms with Crippen LogP contribution < -0.4 is 10.9 Å². The minimum atomic E-state index is -3.93. The van der Waals surface area contributed by atoms with Crippen LogP contribution in [0.1, 0.15) is 37.3 Å². The molecule has 0 bridgehead atoms. The number of nitrogens with one attached hydrogen (secondary N) is 1. The Hall–Kier alpha value is -2.52. The van der Waals surface area contributed by atoms with Crippen LogP contribution in [0.2, 0.25) is 5.02 Å². The van der Waals surface area contributed by atoms with E-state index < -0.39 is 21.4 Å². The summed E-state index contributed by atoms with van der Waals surface area (Å²) in [5.74, 6) is -0.531. The van der Waals surface area contributed by atoms with Crippen molar-refractivity contribution >= 4 is 27.3 Å². The van der Waals surface area contributed by atoms with Crippen LogP contribution >= 0.6 is 11.6 Å². The second kappa shape index (κ2) is 10.4. The number of piperidine rings is 1. The molecule has 2 aromatic rings. The molecule has 1 atom stereocenters. The molecule has 1 N–H and O–H groups in total. The number of nitriles is 1. The molecule has 0 unspecified atom stereocenters. The number of hydrogen-bond donors (Lipinski definition) is 1. The third kappa shape index (κ3) is 5.10. The number of ether oxygens (including phenoxy) is 1. The van der Waals surface area contributed by atoms with Crippen LogP contribution in [0.5, 0.6) is 0 Å². The molecule has 2 saturated heterocycles. The van der Waals surface area contributed by atoms with Crippen molar-refractivity contribution in [3.63, 3.8) is 0 Å². The Bertz CT molecular complexity index is 1250. The summed E-state index contributed by atoms with van der Waals surface area (Å²) in [6.45, 7) is 2.37. The van der Waals surface area contributed by atoms with Crippen molar-refractivity contribution in [1.82, 2.24) is 14.1 Å². The zero-order valence-electron chi connectivity index (χ0n) is 18.4. The predicted octanol–water partition coefficient (Wildman–Crippen LogP) is 2.77. The van der Waals surface area contributed by atoms with Gasteiger partial charge in [0.2, 0.25) is 10.0 Å². The van der Waals surface area contributed by atoms with E-state index in [0.29, 0.717) is 37.6 Å². The summed E-state index contributed by atoms with van der Waals surface area (Å²) in [6, 6.07) is 4.59. The van der Waals surface area contributed by atoms with Gasteiger partial charge in [-0.2, -0.15) is 14.7 Å². The largest absolute Gasteiger partial charge is 0.382 e. The first-order valence-electron chi connectivity index (χ1n) is 11.1. The van der Waals surface area contributed by atoms with Crippen molar-refractivity contribution in [2.24, 2.45) is 5.92 Å². The molecule has 182 valence electrons. The highest BCUT2D eigenvalue weighted by Gasteiger charge is 2.31. The van der Waals surface area contributed by atoms with Gasteiger partial charge in [-0.05, 0) is 49.8 Å². The maximum absolute atomic E-state index is 13.9. The highest BCUT2D eigenvalue weighted by Crippen LogP contribution is 2.27. The van der Waals surface area contributed by atoms with Gasteiger partial charge in [-0.25, -0.2) is 17.5 Å². The van der Waals surface area contributed by atoms with Gasteiger partial charge in [-0.1, -0.05) is 11.6 Å². The Labute approximate surface area is 202 Å². The first kappa shape index (κ1) is 24.6. The van der Waals surface area contributed by atoms with Crippen molar-refractivity contribution in [3.05, 3.63) is 51.2 Å². The Kier molecular flexibility index (Phi) is 7.52. The molecule has 34 heavy (non-hydrogen) atoms. The van der Waals surface area contributed by atoms with Crippen LogP contribution in [-0.4, -0.2) is 55.4 Å². The number of benzene rings is 1. The first-order chi connectivity index (χ1) is 16.3. The number of halogens is 2. The highest BCUT2D eigenvalue weighted by molar-refractivity contribution is 7.89. The van der Waals surface area contributed by atoms with E-state index in [9.17, 15) is 17.6 Å². The summed E-state index contributed by atoms with van der Waals surface area (Å²) in [7, 11) is -3.93. The van der Waals surface area contributed by atoms with Gasteiger partial charge in [0.25, 0.3) is 5.56 Å². The van der Waals surface area contributed by atoms with E-state index in [-0.39, 0.29) is 34.6 Å². The number of rotatable bonds is 6. The molecule has 9 nitrogen and oxygen atoms in total. The molecule has 2 fully saturated rings. The lowest BCUT2D eigenvalue weighted by atomic mass is 10.0. The van der Waals surface area contributed by atoms with Crippen molar-refractivity contribution in [3.8, 4) is 6.07 Å². The van der Waals surface area contributed by atoms with Crippen molar-refractivity contribution in [2.75, 3.05) is 38.2 Å². The van der Waals surface area contributed by atoms with E-state index in [1.165, 1.54) is 21.3 Å². The van der Waals surface area contributed by atoms with Crippen LogP contribution in [0.25, 0.3) is 0 Å². The second-order valence-corrected chi connectivity index (χ2v) is 10.8. The molecule has 3 heterocycles. The highest BCUT2D eigenvalue weighted by atomic mass is 35.5. The van der Waals surface area contributed by atoms with Crippen molar-refractivity contribution in [2.45, 2.75) is 36.6 Å². The number of aromatic nitrogens is 2. The normalized spacial score (nSPS) is 20.1. The average Bonchev–Trinajstić information content (AvgIpc) is 2.85. The Balaban J connectivity index is 1.41. The monoisotopic (exact) mass is 509 g/mol. The smallest absolute Gasteiger partial charge is 0.287 e. The maximum atomic E-state index is 13.9. The van der Waals surface area contributed by atoms with Crippen LogP contribution in [0, 0.1) is 23.1 Å². The molecule has 0 aliphatic carbocycles. The van der Waals surface area contributed by atoms with E-state index in [1.807, 2.05) is 0 Å². The quantitative estimate of drug-likeness (QED) is 0.636. The molecule has 12 heteroatoms. The van der Waals surface area contributed by atoms with Gasteiger partial charge in [-0.3, -0.25) is 4.79 Å². The minimum Gasteiger partial charge on any atom is -0.382 e. The summed E-state index contributed by atoms with van der Waals surface area (Å²) in [4.78, 5) is 12.6. The van der Waals surface area contributed by atoms with Gasteiger partial charge in [0.15, 0.2) is 0 Å². The zero-order chi connectivity index (χ0) is 24.3. The van der Waals surface area contributed by atoms with Gasteiger partial charge in [0.05, 0.1) is 35.0 Å². The molecule has 2 aliphatic rings. The van der Waals surface area contributed by atoms with Crippen LogP contribution in [0.15, 0.2) is 34.1 Å². The Morgan fingerprint density at radius 3 is 2.71 bits per heavy atom. The maximum Gasteiger partial charge on any atom is 0.287 e. The zero-order valence-corrected chi connectivity index (χ0v) is 20.0. The first-order valence-corrected chi connectivity index (χ1v) is 12.9. The van der Waals surface area contributed by atoms with Crippen LogP contribution in [0.4, 0.5) is 10.1 Å². The molecule has 0 spiro atoms. The van der Waals surface area contributed by atoms with E-state index in [4.69, 9.17) is 21.6 Å². The number of anilines is 1. The fourth-order valence-electron chi connectivity index (χ4n) is 4.27. The predicted molar refractivity (Wildman–Crippen MR) is 124 cm³/mol. The minimum absolute atomic E-state index is 0.0508. The molecule has 0 amide bonds. The number of sulfonamides is 1. The van der Waals surface area contributed by atoms with Gasteiger partial charge in [0.1, 0.15) is 16.9 Å². The van der Waals surface area contributed by atoms with Gasteiger partial charge in [0, 0.05) is 26.2 Å². The average molecular weight is 510 g/mol. The summed E-state index contributed by atoms with van der Waals surface area (Å²) >= 11 is 6.32. The fraction of sp³-hybridized carbons (Fsp3) is 0.500. The lowest BCUT2D eigenvalue weighted by molar-refractivity contribution is 0.0595. The van der Waals surface area contributed by atoms with Crippen molar-refractivity contribution in [1.29, 1.82) is 5.26 Å². The number of nitrogens with zero attached hydrogens (tertiary/aromatic N) is 4. The standard InChI is InChI=1S/C22H25ClFN5O4S/c23-21-20(26-12-15-2-1-9-33-14-15)13-27-29(22(21)30)17-5-7-28(8-6-17)34(31,32)18-4-3-16(11-25)19(24)10-18/h3-4,10,13,15,17,26H,1-2,5-9,12,14H2/t15-/m1/s1. The van der Waals surface area contributed by atoms with E-state index in [0.717, 1.165) is 31.6 Å². The summed E-state index contributed by atoms with van der Waals surface area (Å²) in [6.07, 6.45) is 4.29. The molecule has 0 saturated carbocycles. The molecule has 4 rings (SSSR count). The topological polar surface area (TPSA) is 117 Å². The van der Waals surface area contributed by atoms with Gasteiger partial charge in [-0.15, -0.1) is 0 Å². The van der Waals surface area contributed by atoms with Crippen LogP contribution in [-0.2, 0) is 14.8 Å². The van der Waals surface area contributed by atoms with E-state index in [1.54, 1.807) is 6.07 Å². The second-order valence-electron chi connectivity index (χ2n) is 8.47. The third-order valence-electron chi connectivity index (χ3n) is 6.25. The molecule has 1 aromatic heterocycles. The molecule has 0 radical (unpaired) electrons. The SMILES string of the molecule is N#Cc1ccc(S(=O)(=O)N2CCC(n3ncc(NC[C@H]4CCCOC4)c(Cl)c3=O)CC2)cc1F. The lowest BCUT2D eigenvalue weighted by Crippen LogP contribution is -2.41.